The molecule has 1 atom stereocenters. The van der Waals surface area contributed by atoms with Gasteiger partial charge in [-0.3, -0.25) is 0 Å². The largest absolute Gasteiger partial charge is 0.492 e. The molecule has 1 aliphatic heterocycles. The molecule has 0 aromatic heterocycles. The molecule has 0 saturated carbocycles. The van der Waals surface area contributed by atoms with E-state index in [1.54, 1.807) is 0 Å². The summed E-state index contributed by atoms with van der Waals surface area (Å²) in [6.45, 7) is 2.64. The summed E-state index contributed by atoms with van der Waals surface area (Å²) >= 11 is 3.57. The van der Waals surface area contributed by atoms with E-state index in [-0.39, 0.29) is 6.04 Å². The van der Waals surface area contributed by atoms with Crippen molar-refractivity contribution < 1.29 is 4.74 Å². The summed E-state index contributed by atoms with van der Waals surface area (Å²) < 4.78 is 6.99. The number of rotatable bonds is 5. The third-order valence-electron chi connectivity index (χ3n) is 4.16. The Hall–Kier alpha value is -1.36. The minimum atomic E-state index is 0.257. The van der Waals surface area contributed by atoms with Crippen molar-refractivity contribution in [3.63, 3.8) is 0 Å². The van der Waals surface area contributed by atoms with Gasteiger partial charge in [-0.15, -0.1) is 0 Å². The van der Waals surface area contributed by atoms with Gasteiger partial charge in [0.25, 0.3) is 0 Å². The summed E-state index contributed by atoms with van der Waals surface area (Å²) in [7, 11) is 4.12. The van der Waals surface area contributed by atoms with Crippen LogP contribution in [0.3, 0.4) is 0 Å². The zero-order valence-corrected chi connectivity index (χ0v) is 15.3. The van der Waals surface area contributed by atoms with Gasteiger partial charge < -0.3 is 15.0 Å². The summed E-state index contributed by atoms with van der Waals surface area (Å²) in [4.78, 5) is 2.13. The van der Waals surface area contributed by atoms with Crippen molar-refractivity contribution in [2.24, 2.45) is 0 Å². The number of benzene rings is 2. The number of nitrogens with one attached hydrogen (secondary N) is 1. The van der Waals surface area contributed by atoms with Gasteiger partial charge in [-0.2, -0.15) is 0 Å². The second-order valence-corrected chi connectivity index (χ2v) is 7.12. The molecule has 1 aliphatic rings. The van der Waals surface area contributed by atoms with Crippen LogP contribution in [0.4, 0.5) is 0 Å². The molecule has 1 heterocycles. The molecule has 3 nitrogen and oxygen atoms in total. The number of likely N-dealkylation sites (N-methyl/N-ethyl adjacent to an activating group) is 1. The van der Waals surface area contributed by atoms with E-state index in [2.05, 4.69) is 82.7 Å². The first-order valence-corrected chi connectivity index (χ1v) is 8.82. The fourth-order valence-electron chi connectivity index (χ4n) is 2.96. The van der Waals surface area contributed by atoms with Crippen LogP contribution in [-0.2, 0) is 6.42 Å². The first-order chi connectivity index (χ1) is 11.1. The highest BCUT2D eigenvalue weighted by molar-refractivity contribution is 9.10. The number of ether oxygens (including phenoxy) is 1. The molecular formula is C19H23BrN2O. The zero-order valence-electron chi connectivity index (χ0n) is 13.7. The van der Waals surface area contributed by atoms with Crippen LogP contribution in [-0.4, -0.2) is 38.7 Å². The van der Waals surface area contributed by atoms with Crippen LogP contribution in [0.2, 0.25) is 0 Å². The van der Waals surface area contributed by atoms with E-state index in [0.29, 0.717) is 0 Å². The number of fused-ring (bicyclic) bond motifs is 1. The maximum atomic E-state index is 5.87. The van der Waals surface area contributed by atoms with Crippen LogP contribution in [0.15, 0.2) is 46.9 Å². The molecule has 0 fully saturated rings. The van der Waals surface area contributed by atoms with Gasteiger partial charge in [-0.1, -0.05) is 34.1 Å². The van der Waals surface area contributed by atoms with Crippen molar-refractivity contribution in [3.8, 4) is 5.75 Å². The molecule has 0 radical (unpaired) electrons. The Balaban J connectivity index is 1.80. The van der Waals surface area contributed by atoms with Gasteiger partial charge in [0.15, 0.2) is 0 Å². The number of hydrogen-bond acceptors (Lipinski definition) is 3. The van der Waals surface area contributed by atoms with Gasteiger partial charge in [0.2, 0.25) is 0 Å². The van der Waals surface area contributed by atoms with Crippen LogP contribution in [0.5, 0.6) is 5.75 Å². The lowest BCUT2D eigenvalue weighted by Crippen LogP contribution is -2.30. The first-order valence-electron chi connectivity index (χ1n) is 8.02. The first kappa shape index (κ1) is 16.5. The van der Waals surface area contributed by atoms with Crippen molar-refractivity contribution in [3.05, 3.63) is 63.6 Å². The lowest BCUT2D eigenvalue weighted by molar-refractivity contribution is 0.261. The minimum Gasteiger partial charge on any atom is -0.492 e. The summed E-state index contributed by atoms with van der Waals surface area (Å²) in [6.07, 6.45) is 1.05. The smallest absolute Gasteiger partial charge is 0.119 e. The minimum absolute atomic E-state index is 0.257. The van der Waals surface area contributed by atoms with Crippen molar-refractivity contribution in [2.75, 3.05) is 33.8 Å². The summed E-state index contributed by atoms with van der Waals surface area (Å²) in [5.41, 5.74) is 4.03. The molecule has 122 valence electrons. The molecule has 0 bridgehead atoms. The molecule has 0 saturated heterocycles. The normalized spacial score (nSPS) is 17.1. The fourth-order valence-corrected chi connectivity index (χ4v) is 3.38. The van der Waals surface area contributed by atoms with Crippen LogP contribution in [0.1, 0.15) is 22.7 Å². The molecular weight excluding hydrogens is 352 g/mol. The SMILES string of the molecule is CN(C)CCOc1ccc2c(c1)CCNC2c1cccc(Br)c1. The Morgan fingerprint density at radius 2 is 2.09 bits per heavy atom. The van der Waals surface area contributed by atoms with E-state index in [1.165, 1.54) is 16.7 Å². The van der Waals surface area contributed by atoms with Crippen molar-refractivity contribution in [2.45, 2.75) is 12.5 Å². The summed E-state index contributed by atoms with van der Waals surface area (Å²) in [5.74, 6) is 0.973. The average molecular weight is 375 g/mol. The Morgan fingerprint density at radius 1 is 1.22 bits per heavy atom. The van der Waals surface area contributed by atoms with E-state index in [9.17, 15) is 0 Å². The van der Waals surface area contributed by atoms with Gasteiger partial charge in [-0.05, 0) is 61.5 Å². The Labute approximate surface area is 146 Å². The predicted molar refractivity (Wildman–Crippen MR) is 98.2 cm³/mol. The summed E-state index contributed by atoms with van der Waals surface area (Å²) in [5, 5.41) is 3.63. The van der Waals surface area contributed by atoms with Gasteiger partial charge in [0.05, 0.1) is 6.04 Å². The van der Waals surface area contributed by atoms with Crippen LogP contribution in [0, 0.1) is 0 Å². The quantitative estimate of drug-likeness (QED) is 0.864. The summed E-state index contributed by atoms with van der Waals surface area (Å²) in [6, 6.07) is 15.3. The van der Waals surface area contributed by atoms with Gasteiger partial charge in [0, 0.05) is 17.6 Å². The molecule has 0 amide bonds. The standard InChI is InChI=1S/C19H23BrN2O/c1-22(2)10-11-23-17-6-7-18-14(13-17)8-9-21-19(18)15-4-3-5-16(20)12-15/h3-7,12-13,19,21H,8-11H2,1-2H3. The third-order valence-corrected chi connectivity index (χ3v) is 4.65. The second-order valence-electron chi connectivity index (χ2n) is 6.20. The molecule has 4 heteroatoms. The monoisotopic (exact) mass is 374 g/mol. The topological polar surface area (TPSA) is 24.5 Å². The molecule has 3 rings (SSSR count). The number of halogens is 1. The Bertz CT molecular complexity index is 672. The molecule has 0 spiro atoms. The Morgan fingerprint density at radius 3 is 2.87 bits per heavy atom. The van der Waals surface area contributed by atoms with Crippen LogP contribution in [0.25, 0.3) is 0 Å². The molecule has 1 unspecified atom stereocenters. The molecule has 0 aliphatic carbocycles. The number of nitrogens with zero attached hydrogens (tertiary/aromatic N) is 1. The van der Waals surface area contributed by atoms with Crippen molar-refractivity contribution in [1.29, 1.82) is 0 Å². The van der Waals surface area contributed by atoms with E-state index in [1.807, 2.05) is 0 Å². The molecule has 23 heavy (non-hydrogen) atoms. The second kappa shape index (κ2) is 7.47. The highest BCUT2D eigenvalue weighted by atomic mass is 79.9. The van der Waals surface area contributed by atoms with Crippen LogP contribution >= 0.6 is 15.9 Å². The molecule has 1 N–H and O–H groups in total. The highest BCUT2D eigenvalue weighted by Gasteiger charge is 2.21. The van der Waals surface area contributed by atoms with E-state index in [0.717, 1.165) is 36.3 Å². The Kier molecular flexibility index (Phi) is 5.36. The number of hydrogen-bond donors (Lipinski definition) is 1. The lowest BCUT2D eigenvalue weighted by Gasteiger charge is -2.28. The fraction of sp³-hybridized carbons (Fsp3) is 0.368. The van der Waals surface area contributed by atoms with E-state index < -0.39 is 0 Å². The van der Waals surface area contributed by atoms with Crippen molar-refractivity contribution in [1.82, 2.24) is 10.2 Å². The van der Waals surface area contributed by atoms with E-state index >= 15 is 0 Å². The maximum Gasteiger partial charge on any atom is 0.119 e. The zero-order chi connectivity index (χ0) is 16.2. The predicted octanol–water partition coefficient (Wildman–Crippen LogP) is 3.62. The van der Waals surface area contributed by atoms with Crippen LogP contribution < -0.4 is 10.1 Å². The molecule has 2 aromatic rings. The van der Waals surface area contributed by atoms with Gasteiger partial charge >= 0.3 is 0 Å². The van der Waals surface area contributed by atoms with Gasteiger partial charge in [-0.25, -0.2) is 0 Å². The molecule has 2 aromatic carbocycles. The third kappa shape index (κ3) is 4.14. The van der Waals surface area contributed by atoms with Gasteiger partial charge in [0.1, 0.15) is 12.4 Å². The average Bonchev–Trinajstić information content (AvgIpc) is 2.54. The van der Waals surface area contributed by atoms with E-state index in [4.69, 9.17) is 4.74 Å². The highest BCUT2D eigenvalue weighted by Crippen LogP contribution is 2.32. The van der Waals surface area contributed by atoms with Crippen molar-refractivity contribution >= 4 is 15.9 Å². The maximum absolute atomic E-state index is 5.87. The lowest BCUT2D eigenvalue weighted by atomic mass is 9.90.